The van der Waals surface area contributed by atoms with Crippen LogP contribution in [0.3, 0.4) is 0 Å². The van der Waals surface area contributed by atoms with Crippen molar-refractivity contribution in [1.29, 1.82) is 0 Å². The molecule has 0 saturated carbocycles. The summed E-state index contributed by atoms with van der Waals surface area (Å²) in [5.41, 5.74) is 3.33. The maximum absolute atomic E-state index is 12.3. The average molecular weight is 324 g/mol. The Labute approximate surface area is 140 Å². The number of nitrogens with zero attached hydrogens (tertiary/aromatic N) is 5. The fourth-order valence-corrected chi connectivity index (χ4v) is 2.47. The van der Waals surface area contributed by atoms with Crippen molar-refractivity contribution in [1.82, 2.24) is 29.9 Å². The Morgan fingerprint density at radius 1 is 1.25 bits per heavy atom. The lowest BCUT2D eigenvalue weighted by Crippen LogP contribution is -2.23. The zero-order chi connectivity index (χ0) is 16.9. The van der Waals surface area contributed by atoms with Gasteiger partial charge in [0.25, 0.3) is 5.91 Å². The van der Waals surface area contributed by atoms with Gasteiger partial charge in [0.05, 0.1) is 16.9 Å². The molecule has 0 bridgehead atoms. The standard InChI is InChI=1S/C17H20N6O/c1-3-8-22-10-16(13(2)21-22)17(24)19-9-14-4-6-15(7-5-14)23-12-18-11-20-23/h4-7,10-12H,3,8-9H2,1-2H3,(H,19,24). The van der Waals surface area contributed by atoms with E-state index in [0.717, 1.165) is 29.9 Å². The highest BCUT2D eigenvalue weighted by Gasteiger charge is 2.12. The Kier molecular flexibility index (Phi) is 4.69. The van der Waals surface area contributed by atoms with Crippen molar-refractivity contribution in [3.8, 4) is 5.69 Å². The quantitative estimate of drug-likeness (QED) is 0.753. The number of aromatic nitrogens is 5. The fraction of sp³-hybridized carbons (Fsp3) is 0.294. The summed E-state index contributed by atoms with van der Waals surface area (Å²) in [5, 5.41) is 11.4. The molecule has 0 aliphatic carbocycles. The molecule has 0 aliphatic rings. The second-order valence-electron chi connectivity index (χ2n) is 5.58. The average Bonchev–Trinajstić information content (AvgIpc) is 3.23. The number of amides is 1. The van der Waals surface area contributed by atoms with Gasteiger partial charge in [-0.3, -0.25) is 9.48 Å². The molecule has 0 saturated heterocycles. The minimum absolute atomic E-state index is 0.102. The summed E-state index contributed by atoms with van der Waals surface area (Å²) < 4.78 is 3.50. The SMILES string of the molecule is CCCn1cc(C(=O)NCc2ccc(-n3cncn3)cc2)c(C)n1. The van der Waals surface area contributed by atoms with Gasteiger partial charge in [0.1, 0.15) is 12.7 Å². The van der Waals surface area contributed by atoms with Crippen LogP contribution < -0.4 is 5.32 Å². The highest BCUT2D eigenvalue weighted by molar-refractivity contribution is 5.94. The Morgan fingerprint density at radius 3 is 2.71 bits per heavy atom. The number of benzene rings is 1. The first-order chi connectivity index (χ1) is 11.7. The second-order valence-corrected chi connectivity index (χ2v) is 5.58. The predicted molar refractivity (Wildman–Crippen MR) is 89.8 cm³/mol. The Balaban J connectivity index is 1.62. The molecule has 0 fully saturated rings. The van der Waals surface area contributed by atoms with Gasteiger partial charge in [-0.15, -0.1) is 0 Å². The summed E-state index contributed by atoms with van der Waals surface area (Å²) in [6.07, 6.45) is 5.94. The molecule has 3 rings (SSSR count). The lowest BCUT2D eigenvalue weighted by atomic mass is 10.2. The third-order valence-electron chi connectivity index (χ3n) is 3.72. The first kappa shape index (κ1) is 15.9. The van der Waals surface area contributed by atoms with Gasteiger partial charge in [0, 0.05) is 19.3 Å². The maximum Gasteiger partial charge on any atom is 0.255 e. The third-order valence-corrected chi connectivity index (χ3v) is 3.72. The number of carbonyl (C=O) groups excluding carboxylic acids is 1. The van der Waals surface area contributed by atoms with Crippen LogP contribution in [-0.4, -0.2) is 30.5 Å². The van der Waals surface area contributed by atoms with E-state index in [4.69, 9.17) is 0 Å². The Hall–Kier alpha value is -2.96. The molecule has 2 aromatic heterocycles. The van der Waals surface area contributed by atoms with E-state index >= 15 is 0 Å². The van der Waals surface area contributed by atoms with E-state index in [9.17, 15) is 4.79 Å². The van der Waals surface area contributed by atoms with Crippen LogP contribution in [-0.2, 0) is 13.1 Å². The number of carbonyl (C=O) groups is 1. The van der Waals surface area contributed by atoms with Crippen LogP contribution in [0.5, 0.6) is 0 Å². The molecule has 1 N–H and O–H groups in total. The van der Waals surface area contributed by atoms with Crippen molar-refractivity contribution in [3.05, 3.63) is 59.9 Å². The van der Waals surface area contributed by atoms with Crippen LogP contribution in [0, 0.1) is 6.92 Å². The number of aryl methyl sites for hydroxylation is 2. The zero-order valence-corrected chi connectivity index (χ0v) is 13.8. The zero-order valence-electron chi connectivity index (χ0n) is 13.8. The molecule has 7 nitrogen and oxygen atoms in total. The molecule has 0 atom stereocenters. The molecule has 0 aliphatic heterocycles. The van der Waals surface area contributed by atoms with Crippen molar-refractivity contribution in [2.45, 2.75) is 33.4 Å². The van der Waals surface area contributed by atoms with Crippen molar-refractivity contribution in [3.63, 3.8) is 0 Å². The number of nitrogens with one attached hydrogen (secondary N) is 1. The van der Waals surface area contributed by atoms with Gasteiger partial charge in [-0.1, -0.05) is 19.1 Å². The second kappa shape index (κ2) is 7.08. The van der Waals surface area contributed by atoms with E-state index in [0.29, 0.717) is 12.1 Å². The maximum atomic E-state index is 12.3. The molecule has 7 heteroatoms. The van der Waals surface area contributed by atoms with Crippen LogP contribution >= 0.6 is 0 Å². The van der Waals surface area contributed by atoms with Gasteiger partial charge in [0.2, 0.25) is 0 Å². The normalized spacial score (nSPS) is 10.8. The molecule has 0 unspecified atom stereocenters. The van der Waals surface area contributed by atoms with E-state index < -0.39 is 0 Å². The molecule has 0 radical (unpaired) electrons. The van der Waals surface area contributed by atoms with Gasteiger partial charge in [0.15, 0.2) is 0 Å². The van der Waals surface area contributed by atoms with Crippen LogP contribution in [0.25, 0.3) is 5.69 Å². The van der Waals surface area contributed by atoms with Crippen molar-refractivity contribution in [2.24, 2.45) is 0 Å². The summed E-state index contributed by atoms with van der Waals surface area (Å²) in [7, 11) is 0. The number of hydrogen-bond acceptors (Lipinski definition) is 4. The van der Waals surface area contributed by atoms with Gasteiger partial charge < -0.3 is 5.32 Å². The van der Waals surface area contributed by atoms with Gasteiger partial charge in [-0.25, -0.2) is 9.67 Å². The summed E-state index contributed by atoms with van der Waals surface area (Å²) in [6, 6.07) is 7.82. The van der Waals surface area contributed by atoms with Crippen LogP contribution in [0.15, 0.2) is 43.1 Å². The number of hydrogen-bond donors (Lipinski definition) is 1. The Bertz CT molecular complexity index is 804. The molecule has 124 valence electrons. The molecule has 2 heterocycles. The molecular weight excluding hydrogens is 304 g/mol. The van der Waals surface area contributed by atoms with Crippen molar-refractivity contribution < 1.29 is 4.79 Å². The molecule has 3 aromatic rings. The molecule has 1 amide bonds. The monoisotopic (exact) mass is 324 g/mol. The smallest absolute Gasteiger partial charge is 0.255 e. The summed E-state index contributed by atoms with van der Waals surface area (Å²) in [6.45, 7) is 5.22. The van der Waals surface area contributed by atoms with E-state index in [1.165, 1.54) is 6.33 Å². The summed E-state index contributed by atoms with van der Waals surface area (Å²) >= 11 is 0. The molecule has 24 heavy (non-hydrogen) atoms. The fourth-order valence-electron chi connectivity index (χ4n) is 2.47. The highest BCUT2D eigenvalue weighted by atomic mass is 16.1. The van der Waals surface area contributed by atoms with Crippen molar-refractivity contribution >= 4 is 5.91 Å². The lowest BCUT2D eigenvalue weighted by Gasteiger charge is -2.06. The lowest BCUT2D eigenvalue weighted by molar-refractivity contribution is 0.0950. The van der Waals surface area contributed by atoms with E-state index in [1.54, 1.807) is 11.0 Å². The first-order valence-electron chi connectivity index (χ1n) is 7.93. The molecule has 0 spiro atoms. The van der Waals surface area contributed by atoms with Gasteiger partial charge in [-0.05, 0) is 31.0 Å². The molecular formula is C17H20N6O. The van der Waals surface area contributed by atoms with Crippen LogP contribution in [0.1, 0.15) is 35.0 Å². The minimum atomic E-state index is -0.102. The number of rotatable bonds is 6. The minimum Gasteiger partial charge on any atom is -0.348 e. The van der Waals surface area contributed by atoms with Crippen LogP contribution in [0.4, 0.5) is 0 Å². The van der Waals surface area contributed by atoms with E-state index in [-0.39, 0.29) is 5.91 Å². The largest absolute Gasteiger partial charge is 0.348 e. The van der Waals surface area contributed by atoms with Crippen LogP contribution in [0.2, 0.25) is 0 Å². The summed E-state index contributed by atoms with van der Waals surface area (Å²) in [4.78, 5) is 16.2. The first-order valence-corrected chi connectivity index (χ1v) is 7.93. The molecule has 1 aromatic carbocycles. The van der Waals surface area contributed by atoms with E-state index in [1.807, 2.05) is 42.1 Å². The summed E-state index contributed by atoms with van der Waals surface area (Å²) in [5.74, 6) is -0.102. The topological polar surface area (TPSA) is 77.6 Å². The van der Waals surface area contributed by atoms with Crippen molar-refractivity contribution in [2.75, 3.05) is 0 Å². The third kappa shape index (κ3) is 3.51. The van der Waals surface area contributed by atoms with E-state index in [2.05, 4.69) is 27.4 Å². The van der Waals surface area contributed by atoms with Gasteiger partial charge in [-0.2, -0.15) is 10.2 Å². The predicted octanol–water partition coefficient (Wildman–Crippen LogP) is 2.11. The highest BCUT2D eigenvalue weighted by Crippen LogP contribution is 2.09. The van der Waals surface area contributed by atoms with Gasteiger partial charge >= 0.3 is 0 Å². The Morgan fingerprint density at radius 2 is 2.04 bits per heavy atom.